The summed E-state index contributed by atoms with van der Waals surface area (Å²) in [5.74, 6) is 0. The normalized spacial score (nSPS) is 11.4. The van der Waals surface area contributed by atoms with Crippen LogP contribution in [0.1, 0.15) is 11.1 Å². The molecule has 0 aromatic heterocycles. The number of hydrogen-bond donors (Lipinski definition) is 0. The maximum Gasteiger partial charge on any atom is 2.00 e. The summed E-state index contributed by atoms with van der Waals surface area (Å²) in [7, 11) is 0. The molecule has 0 aliphatic heterocycles. The van der Waals surface area contributed by atoms with Crippen LogP contribution in [0.15, 0.2) is 42.5 Å². The molecule has 0 spiro atoms. The molecule has 0 saturated heterocycles. The van der Waals surface area contributed by atoms with Gasteiger partial charge in [-0.25, -0.2) is 0 Å². The van der Waals surface area contributed by atoms with Crippen LogP contribution in [0.2, 0.25) is 0 Å². The second-order valence-corrected chi connectivity index (χ2v) is 3.40. The van der Waals surface area contributed by atoms with Gasteiger partial charge in [0.25, 0.3) is 0 Å². The third-order valence-corrected chi connectivity index (χ3v) is 2.62. The molecular formula is C13H9Cr+. The van der Waals surface area contributed by atoms with Crippen molar-refractivity contribution < 1.29 is 17.4 Å². The summed E-state index contributed by atoms with van der Waals surface area (Å²) >= 11 is 0. The van der Waals surface area contributed by atoms with E-state index in [0.717, 1.165) is 6.42 Å². The van der Waals surface area contributed by atoms with Crippen molar-refractivity contribution in [3.05, 3.63) is 59.7 Å². The van der Waals surface area contributed by atoms with Gasteiger partial charge in [0.05, 0.1) is 0 Å². The van der Waals surface area contributed by atoms with E-state index in [1.165, 1.54) is 22.3 Å². The van der Waals surface area contributed by atoms with Gasteiger partial charge in [0.15, 0.2) is 0 Å². The molecule has 14 heavy (non-hydrogen) atoms. The number of benzene rings is 2. The Morgan fingerprint density at radius 2 is 1.71 bits per heavy atom. The Morgan fingerprint density at radius 1 is 0.929 bits per heavy atom. The molecule has 0 radical (unpaired) electrons. The molecule has 0 bridgehead atoms. The maximum atomic E-state index is 3.30. The summed E-state index contributed by atoms with van der Waals surface area (Å²) < 4.78 is 0. The van der Waals surface area contributed by atoms with E-state index in [9.17, 15) is 0 Å². The fourth-order valence-corrected chi connectivity index (χ4v) is 2.00. The summed E-state index contributed by atoms with van der Waals surface area (Å²) in [6.07, 6.45) is 1.05. The molecule has 2 aromatic carbocycles. The molecule has 3 rings (SSSR count). The van der Waals surface area contributed by atoms with Crippen molar-refractivity contribution in [2.24, 2.45) is 0 Å². The summed E-state index contributed by atoms with van der Waals surface area (Å²) in [6, 6.07) is 18.1. The van der Waals surface area contributed by atoms with E-state index in [0.29, 0.717) is 0 Å². The van der Waals surface area contributed by atoms with Gasteiger partial charge in [0, 0.05) is 0 Å². The second-order valence-electron chi connectivity index (χ2n) is 3.40. The Bertz CT molecular complexity index is 417. The van der Waals surface area contributed by atoms with Crippen molar-refractivity contribution in [3.8, 4) is 11.1 Å². The Morgan fingerprint density at radius 3 is 2.64 bits per heavy atom. The zero-order valence-electron chi connectivity index (χ0n) is 7.66. The minimum Gasteiger partial charge on any atom is -0.179 e. The van der Waals surface area contributed by atoms with Crippen LogP contribution < -0.4 is 0 Å². The third-order valence-electron chi connectivity index (χ3n) is 2.62. The predicted molar refractivity (Wildman–Crippen MR) is 53.5 cm³/mol. The van der Waals surface area contributed by atoms with Crippen LogP contribution in [0.5, 0.6) is 0 Å². The molecule has 0 unspecified atom stereocenters. The van der Waals surface area contributed by atoms with E-state index in [1.807, 2.05) is 6.07 Å². The molecule has 0 heterocycles. The van der Waals surface area contributed by atoms with E-state index in [2.05, 4.69) is 42.5 Å². The molecule has 0 fully saturated rings. The van der Waals surface area contributed by atoms with Gasteiger partial charge in [0.2, 0.25) is 0 Å². The summed E-state index contributed by atoms with van der Waals surface area (Å²) in [5.41, 5.74) is 5.51. The average molecular weight is 217 g/mol. The molecule has 0 atom stereocenters. The van der Waals surface area contributed by atoms with Crippen molar-refractivity contribution >= 4 is 0 Å². The van der Waals surface area contributed by atoms with Crippen LogP contribution in [0.25, 0.3) is 11.1 Å². The van der Waals surface area contributed by atoms with E-state index >= 15 is 0 Å². The Balaban J connectivity index is 0.000000750. The number of hydrogen-bond acceptors (Lipinski definition) is 0. The van der Waals surface area contributed by atoms with Gasteiger partial charge in [-0.2, -0.15) is 29.8 Å². The SMILES string of the molecule is [Cr+2].[c-]1cccc2c1Cc1ccccc1-2. The van der Waals surface area contributed by atoms with Crippen molar-refractivity contribution in [1.29, 1.82) is 0 Å². The van der Waals surface area contributed by atoms with Gasteiger partial charge in [-0.15, -0.1) is 5.56 Å². The molecule has 0 amide bonds. The van der Waals surface area contributed by atoms with Gasteiger partial charge < -0.3 is 0 Å². The van der Waals surface area contributed by atoms with Crippen molar-refractivity contribution in [2.75, 3.05) is 0 Å². The fraction of sp³-hybridized carbons (Fsp3) is 0.0769. The first kappa shape index (κ1) is 9.52. The minimum absolute atomic E-state index is 0. The summed E-state index contributed by atoms with van der Waals surface area (Å²) in [6.45, 7) is 0. The quantitative estimate of drug-likeness (QED) is 0.508. The summed E-state index contributed by atoms with van der Waals surface area (Å²) in [5, 5.41) is 0. The zero-order valence-corrected chi connectivity index (χ0v) is 8.93. The Labute approximate surface area is 94.7 Å². The molecule has 1 heteroatoms. The first-order valence-corrected chi connectivity index (χ1v) is 4.53. The average Bonchev–Trinajstić information content (AvgIpc) is 2.56. The first-order chi connectivity index (χ1) is 6.45. The predicted octanol–water partition coefficient (Wildman–Crippen LogP) is 3.06. The fourth-order valence-electron chi connectivity index (χ4n) is 2.00. The van der Waals surface area contributed by atoms with Crippen molar-refractivity contribution in [3.63, 3.8) is 0 Å². The van der Waals surface area contributed by atoms with Crippen LogP contribution >= 0.6 is 0 Å². The minimum atomic E-state index is 0. The van der Waals surface area contributed by atoms with Crippen molar-refractivity contribution in [2.45, 2.75) is 6.42 Å². The molecule has 1 aliphatic carbocycles. The van der Waals surface area contributed by atoms with E-state index < -0.39 is 0 Å². The Kier molecular flexibility index (Phi) is 2.46. The van der Waals surface area contributed by atoms with E-state index in [-0.39, 0.29) is 17.4 Å². The topological polar surface area (TPSA) is 0 Å². The number of fused-ring (bicyclic) bond motifs is 3. The molecule has 0 saturated carbocycles. The molecule has 0 N–H and O–H groups in total. The Hall–Kier alpha value is -1.03. The van der Waals surface area contributed by atoms with Crippen LogP contribution in [-0.2, 0) is 23.8 Å². The van der Waals surface area contributed by atoms with Crippen LogP contribution in [0, 0.1) is 6.07 Å². The second kappa shape index (κ2) is 3.61. The molecular weight excluding hydrogens is 208 g/mol. The van der Waals surface area contributed by atoms with Crippen molar-refractivity contribution in [1.82, 2.24) is 0 Å². The van der Waals surface area contributed by atoms with Crippen LogP contribution in [0.3, 0.4) is 0 Å². The van der Waals surface area contributed by atoms with E-state index in [4.69, 9.17) is 0 Å². The zero-order chi connectivity index (χ0) is 8.67. The van der Waals surface area contributed by atoms with Gasteiger partial charge in [-0.05, 0) is 6.42 Å². The standard InChI is InChI=1S/C13H9.Cr/c1-3-7-12-10(5-1)9-11-6-2-4-8-13(11)12;/h1-5,7-8H,9H2;/q-1;+2. The third kappa shape index (κ3) is 1.30. The van der Waals surface area contributed by atoms with Gasteiger partial charge in [-0.1, -0.05) is 35.4 Å². The monoisotopic (exact) mass is 217 g/mol. The van der Waals surface area contributed by atoms with E-state index in [1.54, 1.807) is 0 Å². The first-order valence-electron chi connectivity index (χ1n) is 4.53. The molecule has 2 aromatic rings. The maximum absolute atomic E-state index is 3.30. The van der Waals surface area contributed by atoms with Crippen LogP contribution in [-0.4, -0.2) is 0 Å². The summed E-state index contributed by atoms with van der Waals surface area (Å²) in [4.78, 5) is 0. The van der Waals surface area contributed by atoms with Gasteiger partial charge in [0.1, 0.15) is 0 Å². The van der Waals surface area contributed by atoms with Gasteiger partial charge in [-0.3, -0.25) is 0 Å². The number of rotatable bonds is 0. The van der Waals surface area contributed by atoms with Crippen LogP contribution in [0.4, 0.5) is 0 Å². The van der Waals surface area contributed by atoms with Gasteiger partial charge >= 0.3 is 17.4 Å². The molecule has 1 aliphatic rings. The molecule has 66 valence electrons. The largest absolute Gasteiger partial charge is 2.00 e. The molecule has 0 nitrogen and oxygen atoms in total. The smallest absolute Gasteiger partial charge is 0.179 e.